The minimum absolute atomic E-state index is 0.181. The molecule has 4 aromatic rings. The monoisotopic (exact) mass is 354 g/mol. The summed E-state index contributed by atoms with van der Waals surface area (Å²) in [6.07, 6.45) is 1.58. The maximum atomic E-state index is 12.2. The van der Waals surface area contributed by atoms with Crippen LogP contribution in [-0.4, -0.2) is 30.5 Å². The van der Waals surface area contributed by atoms with Gasteiger partial charge in [0.15, 0.2) is 11.3 Å². The van der Waals surface area contributed by atoms with Crippen LogP contribution < -0.4 is 5.76 Å². The highest BCUT2D eigenvalue weighted by atomic mass is 16.4. The highest BCUT2D eigenvalue weighted by Gasteiger charge is 2.18. The molecule has 0 saturated carbocycles. The Bertz CT molecular complexity index is 1070. The fourth-order valence-electron chi connectivity index (χ4n) is 2.78. The zero-order valence-electron chi connectivity index (χ0n) is 14.2. The number of hydrogen-bond acceptors (Lipinski definition) is 6. The summed E-state index contributed by atoms with van der Waals surface area (Å²) in [5.41, 5.74) is 1.20. The lowest BCUT2D eigenvalue weighted by molar-refractivity contribution is 0.143. The normalized spacial score (nSPS) is 12.7. The van der Waals surface area contributed by atoms with Gasteiger partial charge in [-0.2, -0.15) is 0 Å². The van der Waals surface area contributed by atoms with Gasteiger partial charge >= 0.3 is 5.76 Å². The largest absolute Gasteiger partial charge is 0.461 e. The second-order valence-electron chi connectivity index (χ2n) is 5.99. The van der Waals surface area contributed by atoms with E-state index in [1.807, 2.05) is 25.1 Å². The topological polar surface area (TPSA) is 99.2 Å². The molecule has 3 heterocycles. The predicted octanol–water partition coefficient (Wildman–Crippen LogP) is 2.27. The first kappa shape index (κ1) is 16.3. The fourth-order valence-corrected chi connectivity index (χ4v) is 2.78. The number of aliphatic hydroxyl groups is 1. The third kappa shape index (κ3) is 2.95. The van der Waals surface area contributed by atoms with Crippen LogP contribution in [0.4, 0.5) is 0 Å². The minimum atomic E-state index is -0.558. The van der Waals surface area contributed by atoms with E-state index in [1.54, 1.807) is 29.1 Å². The van der Waals surface area contributed by atoms with E-state index >= 15 is 0 Å². The molecule has 4 rings (SSSR count). The Morgan fingerprint density at radius 2 is 2.08 bits per heavy atom. The summed E-state index contributed by atoms with van der Waals surface area (Å²) < 4.78 is 13.7. The van der Waals surface area contributed by atoms with Crippen molar-refractivity contribution in [2.24, 2.45) is 0 Å². The zero-order valence-corrected chi connectivity index (χ0v) is 14.2. The molecule has 0 bridgehead atoms. The van der Waals surface area contributed by atoms with Gasteiger partial charge in [-0.15, -0.1) is 5.10 Å². The Kier molecular flexibility index (Phi) is 4.18. The number of aromatic nitrogens is 4. The van der Waals surface area contributed by atoms with Crippen LogP contribution in [0.2, 0.25) is 0 Å². The molecule has 0 saturated heterocycles. The number of hydrogen-bond donors (Lipinski definition) is 1. The Morgan fingerprint density at radius 1 is 1.23 bits per heavy atom. The Balaban J connectivity index is 1.76. The standard InChI is InChI=1S/C18H18N4O4/c1-2-12(23)10-22-16(19-17(20-22)15-8-5-9-25-15)11-21-13-6-3-4-7-14(13)26-18(21)24/h3-9,12,23H,2,10-11H2,1H3. The molecule has 0 radical (unpaired) electrons. The van der Waals surface area contributed by atoms with Gasteiger partial charge in [0, 0.05) is 0 Å². The number of fused-ring (bicyclic) bond motifs is 1. The third-order valence-corrected chi connectivity index (χ3v) is 4.22. The lowest BCUT2D eigenvalue weighted by Gasteiger charge is -2.10. The molecule has 8 nitrogen and oxygen atoms in total. The van der Waals surface area contributed by atoms with Crippen molar-refractivity contribution in [2.45, 2.75) is 32.5 Å². The molecule has 8 heteroatoms. The summed E-state index contributed by atoms with van der Waals surface area (Å²) in [5, 5.41) is 14.5. The van der Waals surface area contributed by atoms with Gasteiger partial charge in [0.2, 0.25) is 5.82 Å². The SMILES string of the molecule is CCC(O)Cn1nc(-c2ccco2)nc1Cn1c(=O)oc2ccccc21. The van der Waals surface area contributed by atoms with Crippen molar-refractivity contribution in [1.82, 2.24) is 19.3 Å². The lowest BCUT2D eigenvalue weighted by Crippen LogP contribution is -2.22. The average Bonchev–Trinajstić information content (AvgIpc) is 3.36. The molecule has 0 aliphatic rings. The van der Waals surface area contributed by atoms with Gasteiger partial charge in [-0.05, 0) is 30.7 Å². The highest BCUT2D eigenvalue weighted by Crippen LogP contribution is 2.18. The van der Waals surface area contributed by atoms with Crippen LogP contribution in [0.3, 0.4) is 0 Å². The van der Waals surface area contributed by atoms with Crippen LogP contribution in [0.1, 0.15) is 19.2 Å². The molecule has 0 amide bonds. The molecule has 0 aliphatic heterocycles. The summed E-state index contributed by atoms with van der Waals surface area (Å²) in [6.45, 7) is 2.35. The van der Waals surface area contributed by atoms with Crippen LogP contribution in [-0.2, 0) is 13.1 Å². The number of aliphatic hydroxyl groups excluding tert-OH is 1. The van der Waals surface area contributed by atoms with Crippen molar-refractivity contribution in [3.05, 3.63) is 59.0 Å². The number of rotatable bonds is 6. The molecule has 134 valence electrons. The van der Waals surface area contributed by atoms with Crippen LogP contribution in [0.15, 0.2) is 56.3 Å². The number of nitrogens with zero attached hydrogens (tertiary/aromatic N) is 4. The maximum absolute atomic E-state index is 12.2. The lowest BCUT2D eigenvalue weighted by atomic mass is 10.3. The molecule has 26 heavy (non-hydrogen) atoms. The van der Waals surface area contributed by atoms with E-state index in [-0.39, 0.29) is 13.1 Å². The van der Waals surface area contributed by atoms with Crippen molar-refractivity contribution in [2.75, 3.05) is 0 Å². The molecule has 3 aromatic heterocycles. The van der Waals surface area contributed by atoms with Crippen molar-refractivity contribution >= 4 is 11.1 Å². The first-order valence-electron chi connectivity index (χ1n) is 8.39. The summed E-state index contributed by atoms with van der Waals surface area (Å²) in [4.78, 5) is 16.7. The predicted molar refractivity (Wildman–Crippen MR) is 93.6 cm³/mol. The minimum Gasteiger partial charge on any atom is -0.461 e. The van der Waals surface area contributed by atoms with Crippen molar-refractivity contribution in [1.29, 1.82) is 0 Å². The Hall–Kier alpha value is -3.13. The zero-order chi connectivity index (χ0) is 18.1. The van der Waals surface area contributed by atoms with E-state index in [2.05, 4.69) is 10.1 Å². The first-order chi connectivity index (χ1) is 12.7. The van der Waals surface area contributed by atoms with Gasteiger partial charge in [-0.25, -0.2) is 14.5 Å². The Labute approximate surface area is 148 Å². The van der Waals surface area contributed by atoms with Gasteiger partial charge < -0.3 is 13.9 Å². The second kappa shape index (κ2) is 6.64. The molecule has 1 atom stereocenters. The molecule has 1 N–H and O–H groups in total. The van der Waals surface area contributed by atoms with Crippen molar-refractivity contribution in [3.63, 3.8) is 0 Å². The van der Waals surface area contributed by atoms with Crippen LogP contribution in [0, 0.1) is 0 Å². The number of oxazole rings is 1. The van der Waals surface area contributed by atoms with Gasteiger partial charge in [-0.1, -0.05) is 19.1 Å². The van der Waals surface area contributed by atoms with E-state index in [9.17, 15) is 9.90 Å². The van der Waals surface area contributed by atoms with Crippen molar-refractivity contribution in [3.8, 4) is 11.6 Å². The van der Waals surface area contributed by atoms with Crippen LogP contribution in [0.5, 0.6) is 0 Å². The van der Waals surface area contributed by atoms with Gasteiger partial charge in [0.25, 0.3) is 0 Å². The van der Waals surface area contributed by atoms with E-state index in [1.165, 1.54) is 4.57 Å². The smallest absolute Gasteiger partial charge is 0.420 e. The van der Waals surface area contributed by atoms with Crippen LogP contribution in [0.25, 0.3) is 22.7 Å². The molecular formula is C18H18N4O4. The van der Waals surface area contributed by atoms with E-state index < -0.39 is 11.9 Å². The second-order valence-corrected chi connectivity index (χ2v) is 5.99. The first-order valence-corrected chi connectivity index (χ1v) is 8.39. The molecule has 1 aromatic carbocycles. The maximum Gasteiger partial charge on any atom is 0.420 e. The average molecular weight is 354 g/mol. The Morgan fingerprint density at radius 3 is 2.85 bits per heavy atom. The quantitative estimate of drug-likeness (QED) is 0.570. The number of furan rings is 1. The van der Waals surface area contributed by atoms with E-state index in [0.717, 1.165) is 0 Å². The molecular weight excluding hydrogens is 336 g/mol. The summed E-state index contributed by atoms with van der Waals surface area (Å²) in [6, 6.07) is 10.7. The van der Waals surface area contributed by atoms with E-state index in [0.29, 0.717) is 34.9 Å². The van der Waals surface area contributed by atoms with Gasteiger partial charge in [0.05, 0.1) is 31.0 Å². The molecule has 1 unspecified atom stereocenters. The molecule has 0 spiro atoms. The van der Waals surface area contributed by atoms with Crippen molar-refractivity contribution < 1.29 is 13.9 Å². The van der Waals surface area contributed by atoms with Crippen LogP contribution >= 0.6 is 0 Å². The summed E-state index contributed by atoms with van der Waals surface area (Å²) >= 11 is 0. The summed E-state index contributed by atoms with van der Waals surface area (Å²) in [7, 11) is 0. The molecule has 0 aliphatic carbocycles. The van der Waals surface area contributed by atoms with E-state index in [4.69, 9.17) is 8.83 Å². The van der Waals surface area contributed by atoms with Gasteiger partial charge in [0.1, 0.15) is 5.82 Å². The fraction of sp³-hybridized carbons (Fsp3) is 0.278. The number of benzene rings is 1. The summed E-state index contributed by atoms with van der Waals surface area (Å²) in [5.74, 6) is 1.02. The van der Waals surface area contributed by atoms with Gasteiger partial charge in [-0.3, -0.25) is 4.57 Å². The molecule has 0 fully saturated rings. The number of para-hydroxylation sites is 2. The highest BCUT2D eigenvalue weighted by molar-refractivity contribution is 5.72. The third-order valence-electron chi connectivity index (χ3n) is 4.22.